The first-order chi connectivity index (χ1) is 12.4. The summed E-state index contributed by atoms with van der Waals surface area (Å²) in [6.45, 7) is 9.21. The minimum atomic E-state index is -0.152. The molecule has 140 valence electrons. The molecule has 2 N–H and O–H groups in total. The number of anilines is 1. The highest BCUT2D eigenvalue weighted by Crippen LogP contribution is 2.14. The lowest BCUT2D eigenvalue weighted by Crippen LogP contribution is -2.37. The van der Waals surface area contributed by atoms with Crippen molar-refractivity contribution in [2.24, 2.45) is 0 Å². The zero-order chi connectivity index (χ0) is 19.1. The van der Waals surface area contributed by atoms with E-state index >= 15 is 0 Å². The van der Waals surface area contributed by atoms with Gasteiger partial charge >= 0.3 is 0 Å². The van der Waals surface area contributed by atoms with Crippen molar-refractivity contribution in [1.82, 2.24) is 10.2 Å². The van der Waals surface area contributed by atoms with E-state index in [2.05, 4.69) is 10.6 Å². The molecule has 0 bridgehead atoms. The molecule has 6 nitrogen and oxygen atoms in total. The van der Waals surface area contributed by atoms with Crippen LogP contribution in [0.3, 0.4) is 0 Å². The molecular formula is C20H27N3O3. The first kappa shape index (κ1) is 19.7. The fraction of sp³-hybridized carbons (Fsp3) is 0.400. The summed E-state index contributed by atoms with van der Waals surface area (Å²) in [4.78, 5) is 26.4. The second kappa shape index (κ2) is 9.20. The van der Waals surface area contributed by atoms with E-state index in [-0.39, 0.29) is 24.4 Å². The summed E-state index contributed by atoms with van der Waals surface area (Å²) in [5.74, 6) is 1.41. The van der Waals surface area contributed by atoms with Crippen molar-refractivity contribution in [3.05, 3.63) is 53.5 Å². The van der Waals surface area contributed by atoms with E-state index in [9.17, 15) is 9.59 Å². The molecule has 0 saturated carbocycles. The van der Waals surface area contributed by atoms with E-state index < -0.39 is 0 Å². The van der Waals surface area contributed by atoms with E-state index in [0.29, 0.717) is 24.3 Å². The average molecular weight is 357 g/mol. The molecule has 2 amide bonds. The maximum atomic E-state index is 12.4. The molecule has 6 heteroatoms. The fourth-order valence-corrected chi connectivity index (χ4v) is 2.58. The first-order valence-corrected chi connectivity index (χ1v) is 8.86. The van der Waals surface area contributed by atoms with E-state index in [1.807, 2.05) is 44.7 Å². The lowest BCUT2D eigenvalue weighted by Gasteiger charge is -2.24. The maximum absolute atomic E-state index is 12.4. The van der Waals surface area contributed by atoms with Gasteiger partial charge < -0.3 is 15.1 Å². The van der Waals surface area contributed by atoms with Crippen molar-refractivity contribution in [2.45, 2.75) is 40.3 Å². The number of hydrogen-bond donors (Lipinski definition) is 2. The van der Waals surface area contributed by atoms with Gasteiger partial charge in [-0.25, -0.2) is 0 Å². The number of carbonyl (C=O) groups excluding carboxylic acids is 2. The summed E-state index contributed by atoms with van der Waals surface area (Å²) in [6.07, 6.45) is 0. The molecule has 0 aliphatic rings. The van der Waals surface area contributed by atoms with Crippen molar-refractivity contribution in [2.75, 3.05) is 18.4 Å². The molecule has 2 aromatic rings. The molecule has 2 rings (SSSR count). The highest BCUT2D eigenvalue weighted by atomic mass is 16.3. The number of amides is 2. The molecule has 1 aromatic carbocycles. The number of rotatable bonds is 8. The average Bonchev–Trinajstić information content (AvgIpc) is 2.99. The van der Waals surface area contributed by atoms with Gasteiger partial charge in [-0.05, 0) is 58.0 Å². The van der Waals surface area contributed by atoms with Crippen LogP contribution < -0.4 is 10.6 Å². The van der Waals surface area contributed by atoms with Crippen molar-refractivity contribution in [1.29, 1.82) is 0 Å². The van der Waals surface area contributed by atoms with E-state index in [1.165, 1.54) is 0 Å². The third kappa shape index (κ3) is 5.74. The minimum absolute atomic E-state index is 0.130. The Morgan fingerprint density at radius 1 is 1.19 bits per heavy atom. The zero-order valence-corrected chi connectivity index (χ0v) is 15.8. The van der Waals surface area contributed by atoms with Gasteiger partial charge in [0.1, 0.15) is 11.5 Å². The molecule has 1 heterocycles. The fourth-order valence-electron chi connectivity index (χ4n) is 2.58. The van der Waals surface area contributed by atoms with Gasteiger partial charge in [-0.3, -0.25) is 14.5 Å². The molecule has 0 aliphatic heterocycles. The monoisotopic (exact) mass is 357 g/mol. The largest absolute Gasteiger partial charge is 0.465 e. The molecule has 0 unspecified atom stereocenters. The van der Waals surface area contributed by atoms with Crippen LogP contribution in [0.25, 0.3) is 0 Å². The van der Waals surface area contributed by atoms with E-state index in [0.717, 1.165) is 11.5 Å². The lowest BCUT2D eigenvalue weighted by atomic mass is 10.2. The summed E-state index contributed by atoms with van der Waals surface area (Å²) in [5, 5.41) is 5.61. The number of hydrogen-bond acceptors (Lipinski definition) is 4. The quantitative estimate of drug-likeness (QED) is 0.761. The van der Waals surface area contributed by atoms with Crippen LogP contribution >= 0.6 is 0 Å². The van der Waals surface area contributed by atoms with Crippen molar-refractivity contribution in [3.8, 4) is 0 Å². The Hall–Kier alpha value is -2.60. The van der Waals surface area contributed by atoms with Crippen LogP contribution in [0.5, 0.6) is 0 Å². The predicted octanol–water partition coefficient (Wildman–Crippen LogP) is 3.19. The Balaban J connectivity index is 1.99. The maximum Gasteiger partial charge on any atom is 0.251 e. The zero-order valence-electron chi connectivity index (χ0n) is 15.8. The number of aryl methyl sites for hydroxylation is 1. The molecule has 0 radical (unpaired) electrons. The highest BCUT2D eigenvalue weighted by Gasteiger charge is 2.16. The van der Waals surface area contributed by atoms with E-state index in [1.54, 1.807) is 24.3 Å². The van der Waals surface area contributed by atoms with Gasteiger partial charge in [0.15, 0.2) is 0 Å². The van der Waals surface area contributed by atoms with Crippen LogP contribution in [0, 0.1) is 6.92 Å². The molecule has 1 aromatic heterocycles. The van der Waals surface area contributed by atoms with Crippen LogP contribution in [-0.4, -0.2) is 35.8 Å². The van der Waals surface area contributed by atoms with Gasteiger partial charge in [-0.15, -0.1) is 0 Å². The molecule has 0 fully saturated rings. The molecule has 0 saturated heterocycles. The second-order valence-electron chi connectivity index (χ2n) is 6.50. The van der Waals surface area contributed by atoms with Gasteiger partial charge in [-0.2, -0.15) is 0 Å². The molecule has 0 aliphatic carbocycles. The Kier molecular flexibility index (Phi) is 6.97. The minimum Gasteiger partial charge on any atom is -0.465 e. The van der Waals surface area contributed by atoms with Gasteiger partial charge in [0.25, 0.3) is 5.91 Å². The standard InChI is InChI=1S/C20H27N3O3/c1-5-21-20(25)16-7-6-8-17(11-16)22-19(24)13-23(14(2)3)12-18-10-9-15(4)26-18/h6-11,14H,5,12-13H2,1-4H3,(H,21,25)(H,22,24). The van der Waals surface area contributed by atoms with Crippen molar-refractivity contribution < 1.29 is 14.0 Å². The normalized spacial score (nSPS) is 11.0. The lowest BCUT2D eigenvalue weighted by molar-refractivity contribution is -0.117. The predicted molar refractivity (Wildman–Crippen MR) is 102 cm³/mol. The highest BCUT2D eigenvalue weighted by molar-refractivity contribution is 5.97. The van der Waals surface area contributed by atoms with Gasteiger partial charge in [-0.1, -0.05) is 6.07 Å². The molecular weight excluding hydrogens is 330 g/mol. The second-order valence-corrected chi connectivity index (χ2v) is 6.50. The number of benzene rings is 1. The number of nitrogens with one attached hydrogen (secondary N) is 2. The molecule has 26 heavy (non-hydrogen) atoms. The van der Waals surface area contributed by atoms with Crippen LogP contribution in [0.4, 0.5) is 5.69 Å². The third-order valence-electron chi connectivity index (χ3n) is 3.98. The van der Waals surface area contributed by atoms with Crippen LogP contribution in [0.1, 0.15) is 42.6 Å². The molecule has 0 atom stereocenters. The third-order valence-corrected chi connectivity index (χ3v) is 3.98. The number of nitrogens with zero attached hydrogens (tertiary/aromatic N) is 1. The summed E-state index contributed by atoms with van der Waals surface area (Å²) < 4.78 is 5.61. The van der Waals surface area contributed by atoms with Crippen LogP contribution in [0.2, 0.25) is 0 Å². The summed E-state index contributed by atoms with van der Waals surface area (Å²) >= 11 is 0. The summed E-state index contributed by atoms with van der Waals surface area (Å²) in [5.41, 5.74) is 1.13. The SMILES string of the molecule is CCNC(=O)c1cccc(NC(=O)CN(Cc2ccc(C)o2)C(C)C)c1. The van der Waals surface area contributed by atoms with Crippen molar-refractivity contribution >= 4 is 17.5 Å². The molecule has 0 spiro atoms. The topological polar surface area (TPSA) is 74.6 Å². The van der Waals surface area contributed by atoms with Gasteiger partial charge in [0.05, 0.1) is 13.1 Å². The van der Waals surface area contributed by atoms with Gasteiger partial charge in [0, 0.05) is 23.8 Å². The summed E-state index contributed by atoms with van der Waals surface area (Å²) in [6, 6.07) is 11.0. The Bertz CT molecular complexity index is 752. The summed E-state index contributed by atoms with van der Waals surface area (Å²) in [7, 11) is 0. The number of furan rings is 1. The van der Waals surface area contributed by atoms with E-state index in [4.69, 9.17) is 4.42 Å². The van der Waals surface area contributed by atoms with Gasteiger partial charge in [0.2, 0.25) is 5.91 Å². The first-order valence-electron chi connectivity index (χ1n) is 8.86. The number of carbonyl (C=O) groups is 2. The van der Waals surface area contributed by atoms with Crippen LogP contribution in [0.15, 0.2) is 40.8 Å². The van der Waals surface area contributed by atoms with Crippen LogP contribution in [-0.2, 0) is 11.3 Å². The Morgan fingerprint density at radius 3 is 2.58 bits per heavy atom. The van der Waals surface area contributed by atoms with Crippen molar-refractivity contribution in [3.63, 3.8) is 0 Å². The Labute approximate surface area is 154 Å². The smallest absolute Gasteiger partial charge is 0.251 e. The Morgan fingerprint density at radius 2 is 1.96 bits per heavy atom.